The van der Waals surface area contributed by atoms with Gasteiger partial charge in [-0.1, -0.05) is 37.3 Å². The molecule has 0 bridgehead atoms. The summed E-state index contributed by atoms with van der Waals surface area (Å²) in [6, 6.07) is 12.9. The van der Waals surface area contributed by atoms with E-state index in [1.807, 2.05) is 31.2 Å². The van der Waals surface area contributed by atoms with E-state index in [1.54, 1.807) is 6.07 Å². The lowest BCUT2D eigenvalue weighted by atomic mass is 9.94. The lowest BCUT2D eigenvalue weighted by molar-refractivity contribution is -0.137. The van der Waals surface area contributed by atoms with Gasteiger partial charge in [-0.15, -0.1) is 0 Å². The van der Waals surface area contributed by atoms with Crippen molar-refractivity contribution in [1.29, 1.82) is 5.26 Å². The van der Waals surface area contributed by atoms with E-state index in [-0.39, 0.29) is 6.42 Å². The van der Waals surface area contributed by atoms with Crippen LogP contribution in [0.3, 0.4) is 0 Å². The highest BCUT2D eigenvalue weighted by Crippen LogP contribution is 2.34. The summed E-state index contributed by atoms with van der Waals surface area (Å²) < 4.78 is 38.6. The number of aryl methyl sites for hydroxylation is 1. The zero-order chi connectivity index (χ0) is 15.5. The monoisotopic (exact) mass is 289 g/mol. The molecular formula is C17H14F3N. The van der Waals surface area contributed by atoms with Gasteiger partial charge in [-0.3, -0.25) is 0 Å². The highest BCUT2D eigenvalue weighted by Gasteiger charge is 2.31. The molecule has 0 N–H and O–H groups in total. The van der Waals surface area contributed by atoms with Crippen molar-refractivity contribution in [1.82, 2.24) is 0 Å². The zero-order valence-electron chi connectivity index (χ0n) is 11.5. The number of halogens is 3. The molecule has 0 aromatic heterocycles. The predicted octanol–water partition coefficient (Wildman–Crippen LogP) is 5.00. The fourth-order valence-electron chi connectivity index (χ4n) is 2.22. The van der Waals surface area contributed by atoms with Crippen molar-refractivity contribution >= 4 is 0 Å². The van der Waals surface area contributed by atoms with Crippen LogP contribution in [-0.4, -0.2) is 0 Å². The molecule has 1 nitrogen and oxygen atoms in total. The van der Waals surface area contributed by atoms with E-state index < -0.39 is 11.7 Å². The molecule has 21 heavy (non-hydrogen) atoms. The van der Waals surface area contributed by atoms with E-state index in [0.29, 0.717) is 16.7 Å². The van der Waals surface area contributed by atoms with Gasteiger partial charge >= 0.3 is 6.18 Å². The summed E-state index contributed by atoms with van der Waals surface area (Å²) in [5.74, 6) is 0. The minimum atomic E-state index is -4.39. The van der Waals surface area contributed by atoms with Crippen molar-refractivity contribution < 1.29 is 13.2 Å². The first-order chi connectivity index (χ1) is 9.95. The molecule has 0 aliphatic rings. The van der Waals surface area contributed by atoms with E-state index in [0.717, 1.165) is 24.1 Å². The van der Waals surface area contributed by atoms with Gasteiger partial charge in [0.2, 0.25) is 0 Å². The summed E-state index contributed by atoms with van der Waals surface area (Å²) >= 11 is 0. The minimum Gasteiger partial charge on any atom is -0.198 e. The van der Waals surface area contributed by atoms with Crippen LogP contribution in [0, 0.1) is 11.3 Å². The fourth-order valence-corrected chi connectivity index (χ4v) is 2.22. The van der Waals surface area contributed by atoms with Crippen LogP contribution in [0.25, 0.3) is 11.1 Å². The van der Waals surface area contributed by atoms with E-state index in [1.165, 1.54) is 6.07 Å². The normalized spacial score (nSPS) is 11.2. The minimum absolute atomic E-state index is 0.0871. The third kappa shape index (κ3) is 3.43. The molecule has 4 heteroatoms. The molecule has 0 spiro atoms. The molecule has 0 atom stereocenters. The highest BCUT2D eigenvalue weighted by atomic mass is 19.4. The molecular weight excluding hydrogens is 275 g/mol. The summed E-state index contributed by atoms with van der Waals surface area (Å²) in [7, 11) is 0. The first-order valence-corrected chi connectivity index (χ1v) is 6.62. The standard InChI is InChI=1S/C17H14F3N/c1-2-12-4-3-5-14(10-12)16-11-15(17(18,19)20)7-6-13(16)8-9-21/h3-7,10-11H,2,8H2,1H3. The van der Waals surface area contributed by atoms with Crippen LogP contribution in [0.5, 0.6) is 0 Å². The van der Waals surface area contributed by atoms with E-state index in [2.05, 4.69) is 0 Å². The molecule has 0 aliphatic heterocycles. The first kappa shape index (κ1) is 15.1. The van der Waals surface area contributed by atoms with Gasteiger partial charge in [0.1, 0.15) is 0 Å². The molecule has 2 rings (SSSR count). The third-order valence-corrected chi connectivity index (χ3v) is 3.35. The van der Waals surface area contributed by atoms with Crippen LogP contribution in [0.15, 0.2) is 42.5 Å². The Morgan fingerprint density at radius 2 is 1.86 bits per heavy atom. The van der Waals surface area contributed by atoms with Crippen LogP contribution >= 0.6 is 0 Å². The van der Waals surface area contributed by atoms with Crippen LogP contribution in [-0.2, 0) is 19.0 Å². The molecule has 0 saturated carbocycles. The van der Waals surface area contributed by atoms with Crippen LogP contribution < -0.4 is 0 Å². The zero-order valence-corrected chi connectivity index (χ0v) is 11.5. The average molecular weight is 289 g/mol. The summed E-state index contributed by atoms with van der Waals surface area (Å²) in [5.41, 5.74) is 2.15. The number of rotatable bonds is 3. The number of benzene rings is 2. The third-order valence-electron chi connectivity index (χ3n) is 3.35. The number of hydrogen-bond donors (Lipinski definition) is 0. The van der Waals surface area contributed by atoms with Gasteiger partial charge in [0.25, 0.3) is 0 Å². The second-order valence-corrected chi connectivity index (χ2v) is 4.76. The van der Waals surface area contributed by atoms with Crippen molar-refractivity contribution in [3.63, 3.8) is 0 Å². The summed E-state index contributed by atoms with van der Waals surface area (Å²) in [4.78, 5) is 0. The van der Waals surface area contributed by atoms with Gasteiger partial charge in [0.05, 0.1) is 18.1 Å². The lowest BCUT2D eigenvalue weighted by Crippen LogP contribution is -2.05. The first-order valence-electron chi connectivity index (χ1n) is 6.62. The van der Waals surface area contributed by atoms with Gasteiger partial charge in [-0.2, -0.15) is 18.4 Å². The Kier molecular flexibility index (Phi) is 4.32. The Hall–Kier alpha value is -2.28. The second kappa shape index (κ2) is 6.01. The predicted molar refractivity (Wildman–Crippen MR) is 75.6 cm³/mol. The molecule has 0 aliphatic carbocycles. The second-order valence-electron chi connectivity index (χ2n) is 4.76. The summed E-state index contributed by atoms with van der Waals surface area (Å²) in [6.07, 6.45) is -3.49. The molecule has 0 heterocycles. The van der Waals surface area contributed by atoms with Crippen LogP contribution in [0.4, 0.5) is 13.2 Å². The fraction of sp³-hybridized carbons (Fsp3) is 0.235. The van der Waals surface area contributed by atoms with E-state index in [4.69, 9.17) is 5.26 Å². The van der Waals surface area contributed by atoms with Crippen molar-refractivity contribution in [3.8, 4) is 17.2 Å². The Morgan fingerprint density at radius 3 is 2.48 bits per heavy atom. The SMILES string of the molecule is CCc1cccc(-c2cc(C(F)(F)F)ccc2CC#N)c1. The van der Waals surface area contributed by atoms with E-state index in [9.17, 15) is 13.2 Å². The Balaban J connectivity index is 2.60. The largest absolute Gasteiger partial charge is 0.416 e. The van der Waals surface area contributed by atoms with Gasteiger partial charge in [0.15, 0.2) is 0 Å². The maximum Gasteiger partial charge on any atom is 0.416 e. The lowest BCUT2D eigenvalue weighted by Gasteiger charge is -2.13. The summed E-state index contributed by atoms with van der Waals surface area (Å²) in [6.45, 7) is 1.99. The molecule has 0 saturated heterocycles. The molecule has 0 fully saturated rings. The topological polar surface area (TPSA) is 23.8 Å². The van der Waals surface area contributed by atoms with Crippen LogP contribution in [0.1, 0.15) is 23.6 Å². The molecule has 0 amide bonds. The Bertz CT molecular complexity index is 681. The van der Waals surface area contributed by atoms with E-state index >= 15 is 0 Å². The number of nitriles is 1. The van der Waals surface area contributed by atoms with Gasteiger partial charge in [-0.05, 0) is 40.8 Å². The van der Waals surface area contributed by atoms with Crippen molar-refractivity contribution in [3.05, 3.63) is 59.2 Å². The summed E-state index contributed by atoms with van der Waals surface area (Å²) in [5, 5.41) is 8.85. The van der Waals surface area contributed by atoms with Crippen molar-refractivity contribution in [2.75, 3.05) is 0 Å². The molecule has 0 unspecified atom stereocenters. The van der Waals surface area contributed by atoms with Gasteiger partial charge in [0, 0.05) is 0 Å². The smallest absolute Gasteiger partial charge is 0.198 e. The van der Waals surface area contributed by atoms with Crippen molar-refractivity contribution in [2.24, 2.45) is 0 Å². The molecule has 2 aromatic rings. The molecule has 0 radical (unpaired) electrons. The molecule has 108 valence electrons. The van der Waals surface area contributed by atoms with Crippen LogP contribution in [0.2, 0.25) is 0 Å². The average Bonchev–Trinajstić information content (AvgIpc) is 2.47. The van der Waals surface area contributed by atoms with Gasteiger partial charge in [-0.25, -0.2) is 0 Å². The Morgan fingerprint density at radius 1 is 1.10 bits per heavy atom. The highest BCUT2D eigenvalue weighted by molar-refractivity contribution is 5.69. The van der Waals surface area contributed by atoms with Gasteiger partial charge < -0.3 is 0 Å². The maximum atomic E-state index is 12.9. The maximum absolute atomic E-state index is 12.9. The number of nitrogens with zero attached hydrogens (tertiary/aromatic N) is 1. The quantitative estimate of drug-likeness (QED) is 0.780. The number of hydrogen-bond acceptors (Lipinski definition) is 1. The van der Waals surface area contributed by atoms with Crippen molar-refractivity contribution in [2.45, 2.75) is 25.9 Å². The Labute approximate surface area is 121 Å². The molecule has 2 aromatic carbocycles. The number of alkyl halides is 3.